The van der Waals surface area contributed by atoms with E-state index >= 15 is 0 Å². The van der Waals surface area contributed by atoms with Crippen molar-refractivity contribution >= 4 is 5.91 Å². The Hall–Kier alpha value is -2.48. The number of carbonyl (C=O) groups excluding carboxylic acids is 1. The van der Waals surface area contributed by atoms with E-state index in [1.54, 1.807) is 18.3 Å². The Labute approximate surface area is 151 Å². The summed E-state index contributed by atoms with van der Waals surface area (Å²) < 4.78 is 12.2. The molecular weight excluding hydrogens is 336 g/mol. The highest BCUT2D eigenvalue weighted by atomic mass is 16.5. The quantitative estimate of drug-likeness (QED) is 0.841. The summed E-state index contributed by atoms with van der Waals surface area (Å²) in [5.41, 5.74) is -0.217. The topological polar surface area (TPSA) is 99.2 Å². The van der Waals surface area contributed by atoms with E-state index < -0.39 is 0 Å². The minimum Gasteiger partial charge on any atom is -0.381 e. The molecule has 1 amide bonds. The Morgan fingerprint density at radius 2 is 2.12 bits per heavy atom. The number of pyridine rings is 1. The summed E-state index contributed by atoms with van der Waals surface area (Å²) in [7, 11) is 0. The summed E-state index contributed by atoms with van der Waals surface area (Å²) in [6, 6.07) is 4.41. The maximum atomic E-state index is 12.5. The van der Waals surface area contributed by atoms with E-state index in [0.29, 0.717) is 24.9 Å². The fourth-order valence-corrected chi connectivity index (χ4v) is 3.00. The number of rotatable bonds is 6. The van der Waals surface area contributed by atoms with E-state index in [4.69, 9.17) is 9.26 Å². The van der Waals surface area contributed by atoms with Gasteiger partial charge in [0.1, 0.15) is 12.6 Å². The molecule has 2 aromatic heterocycles. The lowest BCUT2D eigenvalue weighted by molar-refractivity contribution is -0.123. The van der Waals surface area contributed by atoms with Crippen LogP contribution < -0.4 is 10.9 Å². The van der Waals surface area contributed by atoms with Crippen molar-refractivity contribution in [2.75, 3.05) is 13.2 Å². The summed E-state index contributed by atoms with van der Waals surface area (Å²) in [5, 5.41) is 6.99. The third-order valence-electron chi connectivity index (χ3n) is 4.51. The summed E-state index contributed by atoms with van der Waals surface area (Å²) >= 11 is 0. The normalized spacial score (nSPS) is 16.6. The summed E-state index contributed by atoms with van der Waals surface area (Å²) in [4.78, 5) is 28.8. The molecule has 2 aromatic rings. The first kappa shape index (κ1) is 18.3. The Balaban J connectivity index is 1.77. The van der Waals surface area contributed by atoms with Crippen LogP contribution >= 0.6 is 0 Å². The van der Waals surface area contributed by atoms with Crippen molar-refractivity contribution in [3.8, 4) is 0 Å². The highest BCUT2D eigenvalue weighted by Gasteiger charge is 2.31. The fourth-order valence-electron chi connectivity index (χ4n) is 3.00. The monoisotopic (exact) mass is 360 g/mol. The molecule has 0 aromatic carbocycles. The van der Waals surface area contributed by atoms with E-state index in [-0.39, 0.29) is 35.9 Å². The minimum absolute atomic E-state index is 0.0510. The molecule has 1 unspecified atom stereocenters. The average Bonchev–Trinajstić information content (AvgIpc) is 3.12. The molecule has 1 saturated heterocycles. The van der Waals surface area contributed by atoms with Gasteiger partial charge < -0.3 is 19.1 Å². The average molecular weight is 360 g/mol. The molecule has 8 heteroatoms. The zero-order valence-corrected chi connectivity index (χ0v) is 15.1. The molecule has 26 heavy (non-hydrogen) atoms. The van der Waals surface area contributed by atoms with Crippen molar-refractivity contribution in [2.24, 2.45) is 5.92 Å². The number of hydrogen-bond donors (Lipinski definition) is 1. The zero-order valence-electron chi connectivity index (χ0n) is 15.1. The van der Waals surface area contributed by atoms with Crippen LogP contribution in [-0.2, 0) is 16.1 Å². The molecule has 0 bridgehead atoms. The second kappa shape index (κ2) is 8.27. The van der Waals surface area contributed by atoms with Crippen LogP contribution in [0.15, 0.2) is 33.7 Å². The van der Waals surface area contributed by atoms with Crippen molar-refractivity contribution < 1.29 is 14.1 Å². The van der Waals surface area contributed by atoms with Crippen LogP contribution in [0.1, 0.15) is 50.4 Å². The van der Waals surface area contributed by atoms with Gasteiger partial charge >= 0.3 is 0 Å². The second-order valence-corrected chi connectivity index (χ2v) is 6.81. The van der Waals surface area contributed by atoms with E-state index in [1.165, 1.54) is 10.6 Å². The van der Waals surface area contributed by atoms with Gasteiger partial charge in [-0.05, 0) is 24.8 Å². The molecule has 1 N–H and O–H groups in total. The van der Waals surface area contributed by atoms with Crippen molar-refractivity contribution in [1.82, 2.24) is 20.0 Å². The zero-order chi connectivity index (χ0) is 18.5. The Morgan fingerprint density at radius 1 is 1.35 bits per heavy atom. The van der Waals surface area contributed by atoms with Crippen molar-refractivity contribution in [3.63, 3.8) is 0 Å². The Kier molecular flexibility index (Phi) is 5.82. The fraction of sp³-hybridized carbons (Fsp3) is 0.556. The van der Waals surface area contributed by atoms with Crippen LogP contribution in [0, 0.1) is 5.92 Å². The van der Waals surface area contributed by atoms with Crippen LogP contribution in [0.3, 0.4) is 0 Å². The van der Waals surface area contributed by atoms with Gasteiger partial charge in [0.15, 0.2) is 5.82 Å². The molecule has 140 valence electrons. The number of aromatic nitrogens is 3. The van der Waals surface area contributed by atoms with Crippen LogP contribution in [-0.4, -0.2) is 33.8 Å². The number of carbonyl (C=O) groups is 1. The molecule has 1 atom stereocenters. The maximum absolute atomic E-state index is 12.5. The van der Waals surface area contributed by atoms with E-state index in [1.807, 2.05) is 13.8 Å². The first-order valence-corrected chi connectivity index (χ1v) is 8.90. The maximum Gasteiger partial charge on any atom is 0.250 e. The van der Waals surface area contributed by atoms with Crippen LogP contribution in [0.2, 0.25) is 0 Å². The smallest absolute Gasteiger partial charge is 0.250 e. The lowest BCUT2D eigenvalue weighted by Gasteiger charge is -2.28. The van der Waals surface area contributed by atoms with Crippen LogP contribution in [0.25, 0.3) is 0 Å². The van der Waals surface area contributed by atoms with Crippen molar-refractivity contribution in [2.45, 2.75) is 45.2 Å². The third kappa shape index (κ3) is 4.37. The van der Waals surface area contributed by atoms with Gasteiger partial charge in [0.2, 0.25) is 11.8 Å². The lowest BCUT2D eigenvalue weighted by Crippen LogP contribution is -2.39. The predicted octanol–water partition coefficient (Wildman–Crippen LogP) is 1.64. The lowest BCUT2D eigenvalue weighted by atomic mass is 9.91. The molecule has 1 aliphatic rings. The van der Waals surface area contributed by atoms with E-state index in [0.717, 1.165) is 12.8 Å². The predicted molar refractivity (Wildman–Crippen MR) is 93.5 cm³/mol. The molecule has 0 saturated carbocycles. The molecular formula is C18H24N4O4. The van der Waals surface area contributed by atoms with E-state index in [2.05, 4.69) is 15.5 Å². The van der Waals surface area contributed by atoms with Gasteiger partial charge in [0.25, 0.3) is 5.56 Å². The summed E-state index contributed by atoms with van der Waals surface area (Å²) in [6.45, 7) is 5.20. The van der Waals surface area contributed by atoms with Crippen LogP contribution in [0.5, 0.6) is 0 Å². The second-order valence-electron chi connectivity index (χ2n) is 6.81. The number of nitrogens with zero attached hydrogens (tertiary/aromatic N) is 3. The summed E-state index contributed by atoms with van der Waals surface area (Å²) in [5.74, 6) is 1.06. The Morgan fingerprint density at radius 3 is 2.77 bits per heavy atom. The van der Waals surface area contributed by atoms with Crippen LogP contribution in [0.4, 0.5) is 0 Å². The molecule has 1 aliphatic heterocycles. The first-order valence-electron chi connectivity index (χ1n) is 8.90. The number of amides is 1. The third-order valence-corrected chi connectivity index (χ3v) is 4.51. The van der Waals surface area contributed by atoms with Gasteiger partial charge in [-0.1, -0.05) is 25.1 Å². The molecule has 1 fully saturated rings. The summed E-state index contributed by atoms with van der Waals surface area (Å²) in [6.07, 6.45) is 3.19. The molecule has 3 heterocycles. The highest BCUT2D eigenvalue weighted by Crippen LogP contribution is 2.30. The van der Waals surface area contributed by atoms with Gasteiger partial charge in [-0.3, -0.25) is 9.59 Å². The Bertz CT molecular complexity index is 792. The van der Waals surface area contributed by atoms with Gasteiger partial charge in [0, 0.05) is 31.4 Å². The SMILES string of the molecule is CC(C)c1noc(C(NC(=O)Cn2ccccc2=O)C2CCOCC2)n1. The molecule has 3 rings (SSSR count). The van der Waals surface area contributed by atoms with E-state index in [9.17, 15) is 9.59 Å². The van der Waals surface area contributed by atoms with Gasteiger partial charge in [0.05, 0.1) is 0 Å². The van der Waals surface area contributed by atoms with Crippen molar-refractivity contribution in [1.29, 1.82) is 0 Å². The molecule has 0 radical (unpaired) electrons. The molecule has 0 spiro atoms. The number of hydrogen-bond acceptors (Lipinski definition) is 6. The number of nitrogens with one attached hydrogen (secondary N) is 1. The molecule has 8 nitrogen and oxygen atoms in total. The highest BCUT2D eigenvalue weighted by molar-refractivity contribution is 5.76. The minimum atomic E-state index is -0.384. The van der Waals surface area contributed by atoms with Crippen molar-refractivity contribution in [3.05, 3.63) is 46.5 Å². The van der Waals surface area contributed by atoms with Gasteiger partial charge in [-0.25, -0.2) is 0 Å². The molecule has 0 aliphatic carbocycles. The standard InChI is InChI=1S/C18H24N4O4/c1-12(2)17-20-18(26-21-17)16(13-6-9-25-10-7-13)19-14(23)11-22-8-4-3-5-15(22)24/h3-5,8,12-13,16H,6-7,9-11H2,1-2H3,(H,19,23). The number of ether oxygens (including phenoxy) is 1. The van der Waals surface area contributed by atoms with Gasteiger partial charge in [-0.2, -0.15) is 4.98 Å². The first-order chi connectivity index (χ1) is 12.5. The largest absolute Gasteiger partial charge is 0.381 e. The van der Waals surface area contributed by atoms with Gasteiger partial charge in [-0.15, -0.1) is 0 Å².